The number of halogens is 3. The molecule has 0 radical (unpaired) electrons. The topological polar surface area (TPSA) is 104 Å². The first-order chi connectivity index (χ1) is 20.5. The maximum Gasteiger partial charge on any atom is 0.270 e. The van der Waals surface area contributed by atoms with Crippen molar-refractivity contribution in [3.63, 3.8) is 0 Å². The van der Waals surface area contributed by atoms with Crippen LogP contribution in [0.5, 0.6) is 5.75 Å². The molecule has 0 aliphatic carbocycles. The Hall–Kier alpha value is -3.92. The minimum Gasteiger partial charge on any atom is -0.476 e. The first-order valence-electron chi connectivity index (χ1n) is 13.9. The van der Waals surface area contributed by atoms with Crippen molar-refractivity contribution in [2.24, 2.45) is 0 Å². The summed E-state index contributed by atoms with van der Waals surface area (Å²) in [4.78, 5) is 34.3. The van der Waals surface area contributed by atoms with Crippen LogP contribution in [-0.2, 0) is 4.79 Å². The van der Waals surface area contributed by atoms with E-state index in [1.165, 1.54) is 29.3 Å². The van der Waals surface area contributed by atoms with Crippen molar-refractivity contribution in [3.8, 4) is 11.8 Å². The zero-order chi connectivity index (χ0) is 31.3. The number of nitrogens with zero attached hydrogens (tertiary/aromatic N) is 5. The fourth-order valence-corrected chi connectivity index (χ4v) is 5.31. The molecule has 1 unspecified atom stereocenters. The maximum absolute atomic E-state index is 14.9. The largest absolute Gasteiger partial charge is 0.476 e. The average Bonchev–Trinajstić information content (AvgIpc) is 3.28. The molecule has 10 nitrogen and oxygen atoms in total. The molecule has 4 rings (SSSR count). The SMILES string of the molecule is CN(C)CCCN1CCN(C(=O)c2ccc(NC(=O)C3(C)NC=C(c4ccc(OCC#N)c(F)c4F)N3C)cc2Cl)CC1. The van der Waals surface area contributed by atoms with Gasteiger partial charge in [-0.15, -0.1) is 0 Å². The van der Waals surface area contributed by atoms with Gasteiger partial charge < -0.3 is 30.1 Å². The number of hydrogen-bond acceptors (Lipinski definition) is 8. The van der Waals surface area contributed by atoms with Crippen LogP contribution in [0.3, 0.4) is 0 Å². The van der Waals surface area contributed by atoms with E-state index in [-0.39, 0.29) is 27.9 Å². The minimum atomic E-state index is -1.36. The Morgan fingerprint density at radius 2 is 1.88 bits per heavy atom. The number of amides is 2. The number of hydrogen-bond donors (Lipinski definition) is 2. The van der Waals surface area contributed by atoms with Gasteiger partial charge in [-0.25, -0.2) is 4.39 Å². The summed E-state index contributed by atoms with van der Waals surface area (Å²) in [7, 11) is 5.68. The van der Waals surface area contributed by atoms with Gasteiger partial charge in [-0.2, -0.15) is 9.65 Å². The monoisotopic (exact) mass is 615 g/mol. The normalized spacial score (nSPS) is 18.7. The Morgan fingerprint density at radius 1 is 1.16 bits per heavy atom. The highest BCUT2D eigenvalue weighted by Gasteiger charge is 2.43. The van der Waals surface area contributed by atoms with E-state index in [4.69, 9.17) is 21.6 Å². The fraction of sp³-hybridized carbons (Fsp3) is 0.433. The van der Waals surface area contributed by atoms with E-state index < -0.39 is 29.8 Å². The van der Waals surface area contributed by atoms with E-state index in [1.807, 2.05) is 0 Å². The molecule has 0 bridgehead atoms. The Bertz CT molecular complexity index is 1440. The third kappa shape index (κ3) is 7.01. The van der Waals surface area contributed by atoms with E-state index >= 15 is 0 Å². The first kappa shape index (κ1) is 32.0. The molecule has 2 aromatic rings. The molecule has 230 valence electrons. The first-order valence-corrected chi connectivity index (χ1v) is 14.3. The number of likely N-dealkylation sites (N-methyl/N-ethyl adjacent to an activating group) is 1. The zero-order valence-corrected chi connectivity index (χ0v) is 25.5. The summed E-state index contributed by atoms with van der Waals surface area (Å²) < 4.78 is 34.4. The van der Waals surface area contributed by atoms with Gasteiger partial charge in [0.15, 0.2) is 23.8 Å². The highest BCUT2D eigenvalue weighted by Crippen LogP contribution is 2.35. The number of ether oxygens (including phenoxy) is 1. The lowest BCUT2D eigenvalue weighted by Gasteiger charge is -2.35. The summed E-state index contributed by atoms with van der Waals surface area (Å²) in [6.07, 6.45) is 2.49. The Morgan fingerprint density at radius 3 is 2.53 bits per heavy atom. The second kappa shape index (κ2) is 13.6. The lowest BCUT2D eigenvalue weighted by atomic mass is 10.1. The zero-order valence-electron chi connectivity index (χ0n) is 24.7. The van der Waals surface area contributed by atoms with Crippen LogP contribution >= 0.6 is 11.6 Å². The van der Waals surface area contributed by atoms with Crippen molar-refractivity contribution < 1.29 is 23.1 Å². The third-order valence-electron chi connectivity index (χ3n) is 7.78. The number of benzene rings is 2. The highest BCUT2D eigenvalue weighted by atomic mass is 35.5. The second-order valence-electron chi connectivity index (χ2n) is 10.9. The standard InChI is InChI=1S/C30H36ClF2N7O3/c1-30(35-19-24(38(30)4)22-8-9-25(43-17-10-34)27(33)26(22)32)29(42)36-20-6-7-21(23(31)18-20)28(41)40-15-13-39(14-16-40)12-5-11-37(2)3/h6-9,18-19,35H,5,11-17H2,1-4H3,(H,36,42). The molecule has 1 fully saturated rings. The summed E-state index contributed by atoms with van der Waals surface area (Å²) >= 11 is 6.50. The number of carbonyl (C=O) groups excluding carboxylic acids is 2. The van der Waals surface area contributed by atoms with Crippen molar-refractivity contribution in [1.29, 1.82) is 5.26 Å². The van der Waals surface area contributed by atoms with Crippen LogP contribution in [0.1, 0.15) is 29.3 Å². The van der Waals surface area contributed by atoms with E-state index in [1.54, 1.807) is 37.1 Å². The number of nitrogens with one attached hydrogen (secondary N) is 2. The number of nitriles is 1. The molecule has 43 heavy (non-hydrogen) atoms. The quantitative estimate of drug-likeness (QED) is 0.419. The van der Waals surface area contributed by atoms with Crippen LogP contribution < -0.4 is 15.4 Å². The Labute approximate surface area is 255 Å². The molecule has 1 saturated heterocycles. The molecule has 13 heteroatoms. The number of anilines is 1. The summed E-state index contributed by atoms with van der Waals surface area (Å²) in [6.45, 7) is 6.00. The number of rotatable bonds is 10. The molecule has 2 aromatic carbocycles. The van der Waals surface area contributed by atoms with Crippen molar-refractivity contribution in [2.45, 2.75) is 19.0 Å². The predicted octanol–water partition coefficient (Wildman–Crippen LogP) is 3.42. The molecular weight excluding hydrogens is 580 g/mol. The molecule has 2 aliphatic rings. The minimum absolute atomic E-state index is 0.0892. The Balaban J connectivity index is 1.38. The molecule has 2 aliphatic heterocycles. The summed E-state index contributed by atoms with van der Waals surface area (Å²) in [5, 5.41) is 14.6. The summed E-state index contributed by atoms with van der Waals surface area (Å²) in [5.74, 6) is -3.43. The van der Waals surface area contributed by atoms with Crippen molar-refractivity contribution in [2.75, 3.05) is 72.3 Å². The van der Waals surface area contributed by atoms with Crippen LogP contribution in [0.2, 0.25) is 5.02 Å². The second-order valence-corrected chi connectivity index (χ2v) is 11.3. The molecule has 1 atom stereocenters. The lowest BCUT2D eigenvalue weighted by molar-refractivity contribution is -0.125. The van der Waals surface area contributed by atoms with Crippen molar-refractivity contribution in [3.05, 3.63) is 64.3 Å². The maximum atomic E-state index is 14.9. The lowest BCUT2D eigenvalue weighted by Crippen LogP contribution is -2.56. The van der Waals surface area contributed by atoms with Gasteiger partial charge in [-0.3, -0.25) is 14.5 Å². The number of piperazine rings is 1. The van der Waals surface area contributed by atoms with Crippen molar-refractivity contribution >= 4 is 34.8 Å². The van der Waals surface area contributed by atoms with Crippen LogP contribution in [0, 0.1) is 23.0 Å². The van der Waals surface area contributed by atoms with Crippen LogP contribution in [0.15, 0.2) is 36.5 Å². The van der Waals surface area contributed by atoms with Gasteiger partial charge in [-0.05, 0) is 70.9 Å². The summed E-state index contributed by atoms with van der Waals surface area (Å²) in [6, 6.07) is 8.97. The van der Waals surface area contributed by atoms with Gasteiger partial charge in [0.05, 0.1) is 16.3 Å². The van der Waals surface area contributed by atoms with E-state index in [9.17, 15) is 18.4 Å². The van der Waals surface area contributed by atoms with E-state index in [0.717, 1.165) is 32.6 Å². The van der Waals surface area contributed by atoms with Crippen LogP contribution in [0.25, 0.3) is 5.70 Å². The average molecular weight is 616 g/mol. The molecule has 2 heterocycles. The van der Waals surface area contributed by atoms with E-state index in [2.05, 4.69) is 34.5 Å². The molecule has 0 aromatic heterocycles. The van der Waals surface area contributed by atoms with Gasteiger partial charge >= 0.3 is 0 Å². The van der Waals surface area contributed by atoms with E-state index in [0.29, 0.717) is 24.3 Å². The number of carbonyl (C=O) groups is 2. The highest BCUT2D eigenvalue weighted by molar-refractivity contribution is 6.34. The molecule has 2 N–H and O–H groups in total. The van der Waals surface area contributed by atoms with Gasteiger partial charge in [0, 0.05) is 50.7 Å². The van der Waals surface area contributed by atoms with Crippen molar-refractivity contribution in [1.82, 2.24) is 24.9 Å². The van der Waals surface area contributed by atoms with Gasteiger partial charge in [0.1, 0.15) is 6.07 Å². The molecular formula is C30H36ClF2N7O3. The van der Waals surface area contributed by atoms with Gasteiger partial charge in [0.25, 0.3) is 11.8 Å². The van der Waals surface area contributed by atoms with Gasteiger partial charge in [-0.1, -0.05) is 11.6 Å². The van der Waals surface area contributed by atoms with Gasteiger partial charge in [0.2, 0.25) is 5.82 Å². The third-order valence-corrected chi connectivity index (χ3v) is 8.09. The Kier molecular flexibility index (Phi) is 10.1. The van der Waals surface area contributed by atoms with Crippen LogP contribution in [-0.4, -0.2) is 104 Å². The molecule has 2 amide bonds. The molecule has 0 spiro atoms. The smallest absolute Gasteiger partial charge is 0.270 e. The molecule has 0 saturated carbocycles. The predicted molar refractivity (Wildman–Crippen MR) is 160 cm³/mol. The fourth-order valence-electron chi connectivity index (χ4n) is 5.05. The van der Waals surface area contributed by atoms with Crippen LogP contribution in [0.4, 0.5) is 14.5 Å². The summed E-state index contributed by atoms with van der Waals surface area (Å²) in [5.41, 5.74) is -0.488.